The summed E-state index contributed by atoms with van der Waals surface area (Å²) < 4.78 is 10.7. The van der Waals surface area contributed by atoms with Crippen molar-refractivity contribution in [1.29, 1.82) is 0 Å². The highest BCUT2D eigenvalue weighted by molar-refractivity contribution is 6.03. The lowest BCUT2D eigenvalue weighted by atomic mass is 10.2. The maximum absolute atomic E-state index is 12.0. The van der Waals surface area contributed by atoms with E-state index in [4.69, 9.17) is 9.15 Å². The second-order valence-corrected chi connectivity index (χ2v) is 4.71. The minimum atomic E-state index is -0.534. The average Bonchev–Trinajstić information content (AvgIpc) is 3.18. The number of ether oxygens (including phenoxy) is 1. The molecule has 1 unspecified atom stereocenters. The SMILES string of the molecule is O=C(Nc1nnc(C2CCCO2)o1)c1ccc([N+](=O)[O-])cc1. The van der Waals surface area contributed by atoms with E-state index in [0.717, 1.165) is 12.8 Å². The van der Waals surface area contributed by atoms with Gasteiger partial charge in [-0.05, 0) is 25.0 Å². The first-order chi connectivity index (χ1) is 10.6. The molecule has 1 aliphatic heterocycles. The Morgan fingerprint density at radius 1 is 1.32 bits per heavy atom. The van der Waals surface area contributed by atoms with E-state index in [9.17, 15) is 14.9 Å². The number of rotatable bonds is 4. The number of aromatic nitrogens is 2. The predicted octanol–water partition coefficient (Wildman–Crippen LogP) is 2.08. The van der Waals surface area contributed by atoms with Crippen molar-refractivity contribution < 1.29 is 18.9 Å². The van der Waals surface area contributed by atoms with E-state index in [0.29, 0.717) is 12.5 Å². The van der Waals surface area contributed by atoms with E-state index >= 15 is 0 Å². The van der Waals surface area contributed by atoms with Gasteiger partial charge in [0.15, 0.2) is 0 Å². The molecule has 1 fully saturated rings. The molecule has 0 spiro atoms. The first-order valence-corrected chi connectivity index (χ1v) is 6.64. The number of hydrogen-bond donors (Lipinski definition) is 1. The van der Waals surface area contributed by atoms with Crippen molar-refractivity contribution in [2.75, 3.05) is 11.9 Å². The third-order valence-corrected chi connectivity index (χ3v) is 3.21. The summed E-state index contributed by atoms with van der Waals surface area (Å²) in [7, 11) is 0. The standard InChI is InChI=1S/C13H12N4O5/c18-11(8-3-5-9(6-4-8)17(19)20)14-13-16-15-12(22-13)10-2-1-7-21-10/h3-6,10H,1-2,7H2,(H,14,16,18). The number of nitrogens with one attached hydrogen (secondary N) is 1. The van der Waals surface area contributed by atoms with Gasteiger partial charge in [-0.3, -0.25) is 20.2 Å². The topological polar surface area (TPSA) is 120 Å². The fourth-order valence-electron chi connectivity index (χ4n) is 2.09. The number of carbonyl (C=O) groups is 1. The Balaban J connectivity index is 1.67. The summed E-state index contributed by atoms with van der Waals surface area (Å²) in [5.74, 6) is -0.158. The van der Waals surface area contributed by atoms with Crippen LogP contribution in [0.1, 0.15) is 35.2 Å². The number of nitrogens with zero attached hydrogens (tertiary/aromatic N) is 3. The molecule has 9 heteroatoms. The molecule has 0 saturated carbocycles. The van der Waals surface area contributed by atoms with Crippen molar-refractivity contribution in [3.63, 3.8) is 0 Å². The van der Waals surface area contributed by atoms with Crippen LogP contribution < -0.4 is 5.32 Å². The van der Waals surface area contributed by atoms with Crippen LogP contribution in [-0.4, -0.2) is 27.6 Å². The van der Waals surface area contributed by atoms with Crippen molar-refractivity contribution in [2.45, 2.75) is 18.9 Å². The van der Waals surface area contributed by atoms with E-state index in [2.05, 4.69) is 15.5 Å². The molecule has 1 amide bonds. The van der Waals surface area contributed by atoms with Gasteiger partial charge in [-0.25, -0.2) is 0 Å². The molecule has 1 saturated heterocycles. The third-order valence-electron chi connectivity index (χ3n) is 3.21. The lowest BCUT2D eigenvalue weighted by molar-refractivity contribution is -0.384. The summed E-state index contributed by atoms with van der Waals surface area (Å²) in [5.41, 5.74) is 0.164. The molecule has 1 aliphatic rings. The maximum Gasteiger partial charge on any atom is 0.322 e. The molecule has 0 radical (unpaired) electrons. The highest BCUT2D eigenvalue weighted by atomic mass is 16.6. The number of benzene rings is 1. The van der Waals surface area contributed by atoms with Gasteiger partial charge in [0, 0.05) is 24.3 Å². The van der Waals surface area contributed by atoms with E-state index in [1.54, 1.807) is 0 Å². The van der Waals surface area contributed by atoms with Crippen LogP contribution in [-0.2, 0) is 4.74 Å². The Hall–Kier alpha value is -2.81. The summed E-state index contributed by atoms with van der Waals surface area (Å²) in [6.07, 6.45) is 1.51. The predicted molar refractivity (Wildman–Crippen MR) is 73.3 cm³/mol. The van der Waals surface area contributed by atoms with E-state index in [-0.39, 0.29) is 23.4 Å². The van der Waals surface area contributed by atoms with Gasteiger partial charge in [0.25, 0.3) is 11.6 Å². The van der Waals surface area contributed by atoms with Gasteiger partial charge < -0.3 is 9.15 Å². The molecule has 0 bridgehead atoms. The van der Waals surface area contributed by atoms with Gasteiger partial charge in [-0.2, -0.15) is 0 Å². The van der Waals surface area contributed by atoms with E-state index < -0.39 is 10.8 Å². The number of amides is 1. The van der Waals surface area contributed by atoms with Gasteiger partial charge >= 0.3 is 6.01 Å². The number of hydrogen-bond acceptors (Lipinski definition) is 7. The molecule has 0 aliphatic carbocycles. The largest absolute Gasteiger partial charge is 0.405 e. The Bertz CT molecular complexity index is 691. The summed E-state index contributed by atoms with van der Waals surface area (Å²) in [6, 6.07) is 5.17. The molecular weight excluding hydrogens is 292 g/mol. The molecule has 2 heterocycles. The van der Waals surface area contributed by atoms with Gasteiger partial charge in [-0.1, -0.05) is 5.10 Å². The molecule has 1 N–H and O–H groups in total. The van der Waals surface area contributed by atoms with Crippen LogP contribution in [0.5, 0.6) is 0 Å². The van der Waals surface area contributed by atoms with Crippen LogP contribution in [0.4, 0.5) is 11.7 Å². The van der Waals surface area contributed by atoms with Gasteiger partial charge in [0.2, 0.25) is 5.89 Å². The Labute approximate surface area is 124 Å². The first kappa shape index (κ1) is 14.1. The average molecular weight is 304 g/mol. The molecule has 114 valence electrons. The summed E-state index contributed by atoms with van der Waals surface area (Å²) >= 11 is 0. The normalized spacial score (nSPS) is 17.4. The van der Waals surface area contributed by atoms with Crippen molar-refractivity contribution in [1.82, 2.24) is 10.2 Å². The zero-order chi connectivity index (χ0) is 15.5. The zero-order valence-electron chi connectivity index (χ0n) is 11.4. The minimum absolute atomic E-state index is 0.0335. The van der Waals surface area contributed by atoms with Crippen LogP contribution in [0.2, 0.25) is 0 Å². The van der Waals surface area contributed by atoms with Gasteiger partial charge in [-0.15, -0.1) is 5.10 Å². The van der Waals surface area contributed by atoms with E-state index in [1.165, 1.54) is 24.3 Å². The molecule has 3 rings (SSSR count). The number of non-ortho nitro benzene ring substituents is 1. The first-order valence-electron chi connectivity index (χ1n) is 6.64. The smallest absolute Gasteiger partial charge is 0.322 e. The van der Waals surface area contributed by atoms with Crippen LogP contribution in [0.25, 0.3) is 0 Å². The fourth-order valence-corrected chi connectivity index (χ4v) is 2.09. The summed E-state index contributed by atoms with van der Waals surface area (Å²) in [4.78, 5) is 22.0. The fraction of sp³-hybridized carbons (Fsp3) is 0.308. The zero-order valence-corrected chi connectivity index (χ0v) is 11.4. The Morgan fingerprint density at radius 2 is 2.09 bits per heavy atom. The minimum Gasteiger partial charge on any atom is -0.405 e. The summed E-state index contributed by atoms with van der Waals surface area (Å²) in [6.45, 7) is 0.650. The summed E-state index contributed by atoms with van der Waals surface area (Å²) in [5, 5.41) is 20.6. The number of nitro benzene ring substituents is 1. The molecule has 1 aromatic heterocycles. The second kappa shape index (κ2) is 5.90. The van der Waals surface area contributed by atoms with Crippen molar-refractivity contribution in [3.8, 4) is 0 Å². The van der Waals surface area contributed by atoms with Gasteiger partial charge in [0.05, 0.1) is 4.92 Å². The monoisotopic (exact) mass is 304 g/mol. The van der Waals surface area contributed by atoms with Gasteiger partial charge in [0.1, 0.15) is 6.10 Å². The molecule has 22 heavy (non-hydrogen) atoms. The molecular formula is C13H12N4O5. The highest BCUT2D eigenvalue weighted by Crippen LogP contribution is 2.28. The van der Waals surface area contributed by atoms with Crippen molar-refractivity contribution in [2.24, 2.45) is 0 Å². The van der Waals surface area contributed by atoms with E-state index in [1.807, 2.05) is 0 Å². The Morgan fingerprint density at radius 3 is 2.73 bits per heavy atom. The highest BCUT2D eigenvalue weighted by Gasteiger charge is 2.24. The number of anilines is 1. The number of carbonyl (C=O) groups excluding carboxylic acids is 1. The van der Waals surface area contributed by atoms with Crippen molar-refractivity contribution in [3.05, 3.63) is 45.8 Å². The molecule has 9 nitrogen and oxygen atoms in total. The van der Waals surface area contributed by atoms with Crippen LogP contribution in [0.15, 0.2) is 28.7 Å². The lowest BCUT2D eigenvalue weighted by Gasteiger charge is -2.02. The quantitative estimate of drug-likeness (QED) is 0.678. The molecule has 1 atom stereocenters. The Kier molecular flexibility index (Phi) is 3.79. The molecule has 2 aromatic rings. The third kappa shape index (κ3) is 2.93. The van der Waals surface area contributed by atoms with Crippen molar-refractivity contribution >= 4 is 17.6 Å². The number of nitro groups is 1. The van der Waals surface area contributed by atoms with Crippen LogP contribution >= 0.6 is 0 Å². The van der Waals surface area contributed by atoms with Crippen LogP contribution in [0, 0.1) is 10.1 Å². The molecule has 1 aromatic carbocycles. The lowest BCUT2D eigenvalue weighted by Crippen LogP contribution is -2.12. The second-order valence-electron chi connectivity index (χ2n) is 4.71. The van der Waals surface area contributed by atoms with Crippen LogP contribution in [0.3, 0.4) is 0 Å². The maximum atomic E-state index is 12.0.